The minimum absolute atomic E-state index is 0.0484. The summed E-state index contributed by atoms with van der Waals surface area (Å²) in [6, 6.07) is 15.4. The summed E-state index contributed by atoms with van der Waals surface area (Å²) in [5, 5.41) is 5.89. The normalized spacial score (nSPS) is 15.4. The van der Waals surface area contributed by atoms with Gasteiger partial charge >= 0.3 is 0 Å². The van der Waals surface area contributed by atoms with Crippen LogP contribution in [0.3, 0.4) is 0 Å². The van der Waals surface area contributed by atoms with Crippen molar-refractivity contribution in [3.05, 3.63) is 65.5 Å². The molecule has 1 aromatic heterocycles. The third-order valence-electron chi connectivity index (χ3n) is 5.46. The molecule has 4 rings (SSSR count). The number of carbonyl (C=O) groups excluding carboxylic acids is 2. The van der Waals surface area contributed by atoms with Crippen molar-refractivity contribution in [1.29, 1.82) is 0 Å². The largest absolute Gasteiger partial charge is 0.356 e. The van der Waals surface area contributed by atoms with Crippen LogP contribution in [0.25, 0.3) is 11.0 Å². The first kappa shape index (κ1) is 20.1. The van der Waals surface area contributed by atoms with Crippen LogP contribution in [0.5, 0.6) is 0 Å². The zero-order chi connectivity index (χ0) is 21.1. The fraction of sp³-hybridized carbons (Fsp3) is 0.375. The first-order valence-electron chi connectivity index (χ1n) is 10.6. The molecule has 1 aliphatic heterocycles. The van der Waals surface area contributed by atoms with Gasteiger partial charge in [-0.2, -0.15) is 0 Å². The summed E-state index contributed by atoms with van der Waals surface area (Å²) in [5.74, 6) is 1.45. The molecule has 6 nitrogen and oxygen atoms in total. The number of hydrogen-bond donors (Lipinski definition) is 2. The van der Waals surface area contributed by atoms with Gasteiger partial charge in [0.05, 0.1) is 23.5 Å². The summed E-state index contributed by atoms with van der Waals surface area (Å²) in [4.78, 5) is 29.2. The standard InChI is InChI=1S/C24H28N4O2/c1-16(2)15-28-21-11-6-5-10-19(21)26-22(28)12-7-13-25-23(29)14-20-17-8-3-4-9-18(17)24(30)27-20/h3-6,8-11,16,20H,7,12-15H2,1-2H3,(H,25,29)(H,27,30). The number of amides is 2. The molecule has 156 valence electrons. The Kier molecular flexibility index (Phi) is 5.84. The Morgan fingerprint density at radius 1 is 1.17 bits per heavy atom. The van der Waals surface area contributed by atoms with Gasteiger partial charge in [0.25, 0.3) is 5.91 Å². The van der Waals surface area contributed by atoms with Crippen molar-refractivity contribution in [1.82, 2.24) is 20.2 Å². The maximum atomic E-state index is 12.4. The average Bonchev–Trinajstić information content (AvgIpc) is 3.23. The quantitative estimate of drug-likeness (QED) is 0.563. The Morgan fingerprint density at radius 2 is 1.93 bits per heavy atom. The van der Waals surface area contributed by atoms with E-state index in [1.165, 1.54) is 5.52 Å². The molecule has 0 saturated carbocycles. The molecule has 1 atom stereocenters. The van der Waals surface area contributed by atoms with Crippen LogP contribution in [-0.2, 0) is 17.8 Å². The summed E-state index contributed by atoms with van der Waals surface area (Å²) in [7, 11) is 0. The molecule has 0 radical (unpaired) electrons. The van der Waals surface area contributed by atoms with Gasteiger partial charge in [-0.05, 0) is 36.1 Å². The molecule has 0 saturated heterocycles. The van der Waals surface area contributed by atoms with E-state index in [-0.39, 0.29) is 24.3 Å². The molecule has 2 aromatic carbocycles. The number of hydrogen-bond acceptors (Lipinski definition) is 3. The first-order valence-corrected chi connectivity index (χ1v) is 10.6. The number of benzene rings is 2. The van der Waals surface area contributed by atoms with Crippen molar-refractivity contribution < 1.29 is 9.59 Å². The van der Waals surface area contributed by atoms with E-state index in [0.29, 0.717) is 18.0 Å². The number of nitrogens with zero attached hydrogens (tertiary/aromatic N) is 2. The second-order valence-corrected chi connectivity index (χ2v) is 8.29. The highest BCUT2D eigenvalue weighted by molar-refractivity contribution is 5.99. The summed E-state index contributed by atoms with van der Waals surface area (Å²) in [6.07, 6.45) is 1.89. The molecule has 0 fully saturated rings. The number of carbonyl (C=O) groups is 2. The van der Waals surface area contributed by atoms with Gasteiger partial charge in [0.2, 0.25) is 5.91 Å². The van der Waals surface area contributed by atoms with Gasteiger partial charge in [-0.15, -0.1) is 0 Å². The van der Waals surface area contributed by atoms with Gasteiger partial charge in [-0.3, -0.25) is 9.59 Å². The van der Waals surface area contributed by atoms with Gasteiger partial charge in [0.15, 0.2) is 0 Å². The van der Waals surface area contributed by atoms with Crippen LogP contribution in [0.15, 0.2) is 48.5 Å². The van der Waals surface area contributed by atoms with E-state index in [4.69, 9.17) is 4.98 Å². The molecular formula is C24H28N4O2. The highest BCUT2D eigenvalue weighted by Gasteiger charge is 2.29. The minimum atomic E-state index is -0.246. The Hall–Kier alpha value is -3.15. The fourth-order valence-corrected chi connectivity index (χ4v) is 4.10. The van der Waals surface area contributed by atoms with Crippen molar-refractivity contribution >= 4 is 22.8 Å². The van der Waals surface area contributed by atoms with E-state index >= 15 is 0 Å². The van der Waals surface area contributed by atoms with E-state index < -0.39 is 0 Å². The van der Waals surface area contributed by atoms with E-state index in [1.54, 1.807) is 6.07 Å². The number of aromatic nitrogens is 2. The van der Waals surface area contributed by atoms with Crippen LogP contribution in [-0.4, -0.2) is 27.9 Å². The lowest BCUT2D eigenvalue weighted by Gasteiger charge is -2.13. The van der Waals surface area contributed by atoms with Crippen LogP contribution in [0.4, 0.5) is 0 Å². The average molecular weight is 405 g/mol. The smallest absolute Gasteiger partial charge is 0.252 e. The third kappa shape index (κ3) is 4.22. The van der Waals surface area contributed by atoms with E-state index in [0.717, 1.165) is 36.3 Å². The van der Waals surface area contributed by atoms with Gasteiger partial charge in [0.1, 0.15) is 5.82 Å². The summed E-state index contributed by atoms with van der Waals surface area (Å²) in [6.45, 7) is 5.94. The number of rotatable bonds is 8. The topological polar surface area (TPSA) is 76.0 Å². The number of para-hydroxylation sites is 2. The van der Waals surface area contributed by atoms with E-state index in [9.17, 15) is 9.59 Å². The van der Waals surface area contributed by atoms with Gasteiger partial charge in [-0.25, -0.2) is 4.98 Å². The molecule has 0 spiro atoms. The SMILES string of the molecule is CC(C)Cn1c(CCCNC(=O)CC2NC(=O)c3ccccc32)nc2ccccc21. The van der Waals surface area contributed by atoms with E-state index in [2.05, 4.69) is 35.1 Å². The van der Waals surface area contributed by atoms with E-state index in [1.807, 2.05) is 36.4 Å². The second-order valence-electron chi connectivity index (χ2n) is 8.29. The minimum Gasteiger partial charge on any atom is -0.356 e. The summed E-state index contributed by atoms with van der Waals surface area (Å²) >= 11 is 0. The highest BCUT2D eigenvalue weighted by Crippen LogP contribution is 2.27. The zero-order valence-electron chi connectivity index (χ0n) is 17.5. The Labute approximate surface area is 176 Å². The first-order chi connectivity index (χ1) is 14.5. The Balaban J connectivity index is 1.31. The molecule has 2 N–H and O–H groups in total. The highest BCUT2D eigenvalue weighted by atomic mass is 16.2. The molecule has 30 heavy (non-hydrogen) atoms. The molecule has 1 unspecified atom stereocenters. The van der Waals surface area contributed by atoms with Crippen molar-refractivity contribution in [3.8, 4) is 0 Å². The monoisotopic (exact) mass is 404 g/mol. The van der Waals surface area contributed by atoms with Gasteiger partial charge < -0.3 is 15.2 Å². The van der Waals surface area contributed by atoms with Crippen LogP contribution in [0, 0.1) is 5.92 Å². The lowest BCUT2D eigenvalue weighted by atomic mass is 10.0. The number of fused-ring (bicyclic) bond motifs is 2. The maximum Gasteiger partial charge on any atom is 0.252 e. The molecule has 3 aromatic rings. The van der Waals surface area contributed by atoms with Crippen molar-refractivity contribution in [2.45, 2.75) is 45.7 Å². The molecule has 2 amide bonds. The molecule has 0 bridgehead atoms. The molecule has 2 heterocycles. The van der Waals surface area contributed by atoms with Crippen molar-refractivity contribution in [2.24, 2.45) is 5.92 Å². The molecule has 0 aliphatic carbocycles. The van der Waals surface area contributed by atoms with Crippen LogP contribution < -0.4 is 10.6 Å². The maximum absolute atomic E-state index is 12.4. The van der Waals surface area contributed by atoms with Crippen molar-refractivity contribution in [2.75, 3.05) is 6.54 Å². The zero-order valence-corrected chi connectivity index (χ0v) is 17.5. The molecule has 6 heteroatoms. The van der Waals surface area contributed by atoms with Gasteiger partial charge in [-0.1, -0.05) is 44.2 Å². The predicted octanol–water partition coefficient (Wildman–Crippen LogP) is 3.62. The van der Waals surface area contributed by atoms with Crippen LogP contribution >= 0.6 is 0 Å². The number of nitrogens with one attached hydrogen (secondary N) is 2. The third-order valence-corrected chi connectivity index (χ3v) is 5.46. The number of imidazole rings is 1. The molecular weight excluding hydrogens is 376 g/mol. The molecule has 1 aliphatic rings. The summed E-state index contributed by atoms with van der Waals surface area (Å²) in [5.41, 5.74) is 3.76. The Bertz CT molecular complexity index is 1070. The fourth-order valence-electron chi connectivity index (χ4n) is 4.10. The Morgan fingerprint density at radius 3 is 2.77 bits per heavy atom. The van der Waals surface area contributed by atoms with Gasteiger partial charge in [0, 0.05) is 25.1 Å². The van der Waals surface area contributed by atoms with Crippen LogP contribution in [0.2, 0.25) is 0 Å². The number of aryl methyl sites for hydroxylation is 1. The lowest BCUT2D eigenvalue weighted by Crippen LogP contribution is -2.30. The second kappa shape index (κ2) is 8.69. The summed E-state index contributed by atoms with van der Waals surface area (Å²) < 4.78 is 2.30. The van der Waals surface area contributed by atoms with Crippen molar-refractivity contribution in [3.63, 3.8) is 0 Å². The van der Waals surface area contributed by atoms with Crippen LogP contribution in [0.1, 0.15) is 54.5 Å². The predicted molar refractivity (Wildman–Crippen MR) is 117 cm³/mol. The lowest BCUT2D eigenvalue weighted by molar-refractivity contribution is -0.121.